The molecule has 0 amide bonds. The van der Waals surface area contributed by atoms with Crippen LogP contribution in [0.3, 0.4) is 0 Å². The summed E-state index contributed by atoms with van der Waals surface area (Å²) < 4.78 is 0. The van der Waals surface area contributed by atoms with E-state index in [1.165, 1.54) is 80.9 Å². The molecule has 0 N–H and O–H groups in total. The fourth-order valence-electron chi connectivity index (χ4n) is 7.73. The maximum absolute atomic E-state index is 2.54. The van der Waals surface area contributed by atoms with E-state index in [1.54, 1.807) is 16.7 Å². The van der Waals surface area contributed by atoms with Crippen LogP contribution in [-0.4, -0.2) is 0 Å². The fraction of sp³-hybridized carbons (Fsp3) is 0.571. The number of hydrogen-bond donors (Lipinski definition) is 0. The third kappa shape index (κ3) is 2.63. The van der Waals surface area contributed by atoms with Gasteiger partial charge in [-0.1, -0.05) is 79.6 Å². The minimum absolute atomic E-state index is 0.355. The Morgan fingerprint density at radius 3 is 2.07 bits per heavy atom. The van der Waals surface area contributed by atoms with Crippen LogP contribution in [0.1, 0.15) is 91.2 Å². The molecule has 1 spiro atoms. The van der Waals surface area contributed by atoms with Crippen molar-refractivity contribution in [2.75, 3.05) is 0 Å². The van der Waals surface area contributed by atoms with Crippen LogP contribution in [0, 0.1) is 26.7 Å². The van der Waals surface area contributed by atoms with E-state index in [2.05, 4.69) is 57.2 Å². The Hall–Kier alpha value is -1.56. The summed E-state index contributed by atoms with van der Waals surface area (Å²) in [5.41, 5.74) is 10.3. The molecule has 0 saturated heterocycles. The Bertz CT molecular complexity index is 883. The van der Waals surface area contributed by atoms with Crippen LogP contribution in [0.25, 0.3) is 0 Å². The number of aryl methyl sites for hydroxylation is 3. The first-order chi connectivity index (χ1) is 13.6. The van der Waals surface area contributed by atoms with Gasteiger partial charge in [0.05, 0.1) is 0 Å². The molecule has 2 aromatic carbocycles. The predicted octanol–water partition coefficient (Wildman–Crippen LogP) is 7.50. The van der Waals surface area contributed by atoms with Gasteiger partial charge >= 0.3 is 0 Å². The standard InChI is InChI=1S/C28H36/c1-20-10-12-24(22(3)17-20)28-16-8-5-9-26(28)27(14-6-4-7-15-27)25-13-11-21(2)18-23(25)19-28/h10-13,17-18,26H,4-9,14-16,19H2,1-3H3/t26?,28-/m0/s1. The lowest BCUT2D eigenvalue weighted by Crippen LogP contribution is -2.55. The summed E-state index contributed by atoms with van der Waals surface area (Å²) in [6.45, 7) is 6.90. The summed E-state index contributed by atoms with van der Waals surface area (Å²) in [6.07, 6.45) is 14.0. The van der Waals surface area contributed by atoms with Crippen LogP contribution in [0.15, 0.2) is 36.4 Å². The van der Waals surface area contributed by atoms with Gasteiger partial charge in [0.1, 0.15) is 0 Å². The van der Waals surface area contributed by atoms with Gasteiger partial charge in [0, 0.05) is 5.41 Å². The van der Waals surface area contributed by atoms with E-state index in [9.17, 15) is 0 Å². The molecule has 1 unspecified atom stereocenters. The third-order valence-corrected chi connectivity index (χ3v) is 8.67. The highest BCUT2D eigenvalue weighted by Gasteiger charge is 2.57. The molecule has 3 aliphatic carbocycles. The molecule has 2 aromatic rings. The normalized spacial score (nSPS) is 28.6. The monoisotopic (exact) mass is 372 g/mol. The van der Waals surface area contributed by atoms with E-state index >= 15 is 0 Å². The van der Waals surface area contributed by atoms with Gasteiger partial charge in [-0.25, -0.2) is 0 Å². The second kappa shape index (κ2) is 6.75. The third-order valence-electron chi connectivity index (χ3n) is 8.67. The van der Waals surface area contributed by atoms with Crippen molar-refractivity contribution in [3.05, 3.63) is 69.8 Å². The minimum atomic E-state index is 0.355. The van der Waals surface area contributed by atoms with Crippen molar-refractivity contribution in [2.45, 2.75) is 95.8 Å². The van der Waals surface area contributed by atoms with E-state index in [4.69, 9.17) is 0 Å². The molecule has 0 heterocycles. The molecule has 28 heavy (non-hydrogen) atoms. The van der Waals surface area contributed by atoms with Crippen molar-refractivity contribution >= 4 is 0 Å². The van der Waals surface area contributed by atoms with Gasteiger partial charge in [0.25, 0.3) is 0 Å². The maximum atomic E-state index is 2.54. The molecule has 2 fully saturated rings. The molecule has 0 heteroatoms. The molecule has 5 rings (SSSR count). The average Bonchev–Trinajstić information content (AvgIpc) is 2.68. The van der Waals surface area contributed by atoms with E-state index in [0.29, 0.717) is 10.8 Å². The zero-order valence-corrected chi connectivity index (χ0v) is 18.1. The van der Waals surface area contributed by atoms with E-state index in [-0.39, 0.29) is 0 Å². The van der Waals surface area contributed by atoms with Crippen LogP contribution in [-0.2, 0) is 17.3 Å². The van der Waals surface area contributed by atoms with E-state index in [0.717, 1.165) is 5.92 Å². The van der Waals surface area contributed by atoms with Crippen molar-refractivity contribution in [3.8, 4) is 0 Å². The molecule has 0 aliphatic heterocycles. The first kappa shape index (κ1) is 18.5. The molecule has 3 aliphatic rings. The zero-order valence-electron chi connectivity index (χ0n) is 18.1. The lowest BCUT2D eigenvalue weighted by Gasteiger charge is -2.60. The van der Waals surface area contributed by atoms with Crippen LogP contribution in [0.4, 0.5) is 0 Å². The SMILES string of the molecule is Cc1ccc([C@@]23CCCCC2C2(CCCCC2)c2ccc(C)cc2C3)c(C)c1. The molecule has 0 aromatic heterocycles. The van der Waals surface area contributed by atoms with Gasteiger partial charge in [-0.3, -0.25) is 0 Å². The minimum Gasteiger partial charge on any atom is -0.0590 e. The first-order valence-corrected chi connectivity index (χ1v) is 11.7. The van der Waals surface area contributed by atoms with Gasteiger partial charge in [0.15, 0.2) is 0 Å². The lowest BCUT2D eigenvalue weighted by atomic mass is 9.44. The average molecular weight is 373 g/mol. The highest BCUT2D eigenvalue weighted by atomic mass is 14.6. The van der Waals surface area contributed by atoms with Gasteiger partial charge in [0.2, 0.25) is 0 Å². The van der Waals surface area contributed by atoms with Crippen LogP contribution in [0.5, 0.6) is 0 Å². The molecular weight excluding hydrogens is 336 g/mol. The lowest BCUT2D eigenvalue weighted by molar-refractivity contribution is 0.0478. The molecular formula is C28H36. The van der Waals surface area contributed by atoms with Crippen LogP contribution >= 0.6 is 0 Å². The smallest absolute Gasteiger partial charge is 0.00328 e. The number of hydrogen-bond acceptors (Lipinski definition) is 0. The fourth-order valence-corrected chi connectivity index (χ4v) is 7.73. The number of benzene rings is 2. The highest BCUT2D eigenvalue weighted by molar-refractivity contribution is 5.49. The largest absolute Gasteiger partial charge is 0.0590 e. The quantitative estimate of drug-likeness (QED) is 0.486. The number of rotatable bonds is 1. The Labute approximate surface area is 171 Å². The Balaban J connectivity index is 1.76. The number of fused-ring (bicyclic) bond motifs is 4. The first-order valence-electron chi connectivity index (χ1n) is 11.7. The molecule has 0 radical (unpaired) electrons. The summed E-state index contributed by atoms with van der Waals surface area (Å²) in [6, 6.07) is 14.8. The Morgan fingerprint density at radius 1 is 0.679 bits per heavy atom. The summed E-state index contributed by atoms with van der Waals surface area (Å²) in [4.78, 5) is 0. The zero-order chi connectivity index (χ0) is 19.4. The summed E-state index contributed by atoms with van der Waals surface area (Å²) in [5, 5.41) is 0. The van der Waals surface area contributed by atoms with Crippen molar-refractivity contribution in [2.24, 2.45) is 5.92 Å². The van der Waals surface area contributed by atoms with Gasteiger partial charge < -0.3 is 0 Å². The highest BCUT2D eigenvalue weighted by Crippen LogP contribution is 2.62. The van der Waals surface area contributed by atoms with Crippen molar-refractivity contribution < 1.29 is 0 Å². The molecule has 2 saturated carbocycles. The summed E-state index contributed by atoms with van der Waals surface area (Å²) in [7, 11) is 0. The summed E-state index contributed by atoms with van der Waals surface area (Å²) in [5.74, 6) is 0.825. The topological polar surface area (TPSA) is 0 Å². The second-order valence-corrected chi connectivity index (χ2v) is 10.3. The Kier molecular flexibility index (Phi) is 4.45. The van der Waals surface area contributed by atoms with Crippen LogP contribution in [0.2, 0.25) is 0 Å². The van der Waals surface area contributed by atoms with E-state index < -0.39 is 0 Å². The van der Waals surface area contributed by atoms with Gasteiger partial charge in [-0.05, 0) is 86.5 Å². The Morgan fingerprint density at radius 2 is 1.32 bits per heavy atom. The van der Waals surface area contributed by atoms with Crippen LogP contribution < -0.4 is 0 Å². The van der Waals surface area contributed by atoms with Gasteiger partial charge in [-0.2, -0.15) is 0 Å². The van der Waals surface area contributed by atoms with Crippen molar-refractivity contribution in [1.29, 1.82) is 0 Å². The molecule has 2 atom stereocenters. The molecule has 0 nitrogen and oxygen atoms in total. The van der Waals surface area contributed by atoms with Crippen molar-refractivity contribution in [1.82, 2.24) is 0 Å². The molecule has 0 bridgehead atoms. The molecule has 148 valence electrons. The van der Waals surface area contributed by atoms with Crippen molar-refractivity contribution in [3.63, 3.8) is 0 Å². The van der Waals surface area contributed by atoms with Gasteiger partial charge in [-0.15, -0.1) is 0 Å². The predicted molar refractivity (Wildman–Crippen MR) is 119 cm³/mol. The van der Waals surface area contributed by atoms with E-state index in [1.807, 2.05) is 0 Å². The second-order valence-electron chi connectivity index (χ2n) is 10.3. The summed E-state index contributed by atoms with van der Waals surface area (Å²) >= 11 is 0. The maximum Gasteiger partial charge on any atom is 0.00328 e.